The van der Waals surface area contributed by atoms with E-state index in [-0.39, 0.29) is 5.91 Å². The van der Waals surface area contributed by atoms with E-state index < -0.39 is 0 Å². The van der Waals surface area contributed by atoms with Gasteiger partial charge in [0.1, 0.15) is 0 Å². The van der Waals surface area contributed by atoms with Gasteiger partial charge < -0.3 is 15.2 Å². The van der Waals surface area contributed by atoms with Crippen molar-refractivity contribution >= 4 is 40.1 Å². The Morgan fingerprint density at radius 1 is 1.12 bits per heavy atom. The first-order chi connectivity index (χ1) is 12.3. The first kappa shape index (κ1) is 16.0. The lowest BCUT2D eigenvalue weighted by Gasteiger charge is -2.17. The number of para-hydroxylation sites is 2. The van der Waals surface area contributed by atoms with Crippen molar-refractivity contribution in [2.24, 2.45) is 0 Å². The monoisotopic (exact) mass is 352 g/mol. The Balaban J connectivity index is 1.32. The second-order valence-electron chi connectivity index (χ2n) is 6.14. The summed E-state index contributed by atoms with van der Waals surface area (Å²) in [5, 5.41) is 3.71. The number of benzene rings is 2. The molecule has 2 heterocycles. The molecule has 25 heavy (non-hydrogen) atoms. The number of carbonyl (C=O) groups excluding carboxylic acids is 1. The first-order valence-corrected chi connectivity index (χ1v) is 9.49. The third-order valence-electron chi connectivity index (χ3n) is 4.33. The minimum absolute atomic E-state index is 0.0284. The van der Waals surface area contributed by atoms with Gasteiger partial charge in [0.15, 0.2) is 5.16 Å². The summed E-state index contributed by atoms with van der Waals surface area (Å²) >= 11 is 1.41. The van der Waals surface area contributed by atoms with E-state index in [1.54, 1.807) is 0 Å². The van der Waals surface area contributed by atoms with Crippen LogP contribution >= 0.6 is 11.8 Å². The standard InChI is InChI=1S/C19H20N4OS/c24-18(13-25-19-21-16-5-1-2-6-17(16)22-19)20-14-7-9-15(10-8-14)23-11-3-4-12-23/h1-2,5-10H,3-4,11-13H2,(H,20,24)(H,21,22). The molecule has 3 aromatic rings. The van der Waals surface area contributed by atoms with E-state index in [0.717, 1.165) is 35.0 Å². The molecule has 5 nitrogen and oxygen atoms in total. The number of carbonyl (C=O) groups is 1. The van der Waals surface area contributed by atoms with Crippen LogP contribution in [0, 0.1) is 0 Å². The molecule has 6 heteroatoms. The smallest absolute Gasteiger partial charge is 0.234 e. The maximum absolute atomic E-state index is 12.2. The average molecular weight is 352 g/mol. The van der Waals surface area contributed by atoms with Crippen LogP contribution in [0.4, 0.5) is 11.4 Å². The van der Waals surface area contributed by atoms with Crippen molar-refractivity contribution in [1.29, 1.82) is 0 Å². The number of rotatable bonds is 5. The van der Waals surface area contributed by atoms with Crippen LogP contribution in [-0.2, 0) is 4.79 Å². The number of amides is 1. The lowest BCUT2D eigenvalue weighted by molar-refractivity contribution is -0.113. The summed E-state index contributed by atoms with van der Waals surface area (Å²) in [5.41, 5.74) is 3.97. The van der Waals surface area contributed by atoms with Gasteiger partial charge in [-0.2, -0.15) is 0 Å². The van der Waals surface area contributed by atoms with E-state index in [9.17, 15) is 4.79 Å². The molecule has 1 saturated heterocycles. The Labute approximate surface area is 150 Å². The summed E-state index contributed by atoms with van der Waals surface area (Å²) in [6.45, 7) is 2.25. The van der Waals surface area contributed by atoms with Crippen LogP contribution in [0.5, 0.6) is 0 Å². The number of nitrogens with one attached hydrogen (secondary N) is 2. The van der Waals surface area contributed by atoms with Crippen molar-refractivity contribution in [3.05, 3.63) is 48.5 Å². The summed E-state index contributed by atoms with van der Waals surface area (Å²) in [6, 6.07) is 15.9. The highest BCUT2D eigenvalue weighted by Gasteiger charge is 2.12. The summed E-state index contributed by atoms with van der Waals surface area (Å²) in [4.78, 5) is 22.2. The molecule has 4 rings (SSSR count). The number of H-pyrrole nitrogens is 1. The highest BCUT2D eigenvalue weighted by atomic mass is 32.2. The fraction of sp³-hybridized carbons (Fsp3) is 0.263. The molecule has 1 amide bonds. The number of aromatic nitrogens is 2. The minimum Gasteiger partial charge on any atom is -0.372 e. The van der Waals surface area contributed by atoms with Crippen molar-refractivity contribution < 1.29 is 4.79 Å². The van der Waals surface area contributed by atoms with Crippen molar-refractivity contribution in [1.82, 2.24) is 9.97 Å². The summed E-state index contributed by atoms with van der Waals surface area (Å²) in [6.07, 6.45) is 2.52. The molecule has 0 spiro atoms. The van der Waals surface area contributed by atoms with Crippen molar-refractivity contribution in [3.8, 4) is 0 Å². The molecule has 0 radical (unpaired) electrons. The molecule has 0 unspecified atom stereocenters. The van der Waals surface area contributed by atoms with Crippen LogP contribution in [0.3, 0.4) is 0 Å². The lowest BCUT2D eigenvalue weighted by atomic mass is 10.2. The Hall–Kier alpha value is -2.47. The number of hydrogen-bond acceptors (Lipinski definition) is 4. The van der Waals surface area contributed by atoms with Gasteiger partial charge in [0, 0.05) is 24.5 Å². The Morgan fingerprint density at radius 3 is 2.64 bits per heavy atom. The molecule has 1 fully saturated rings. The number of thioether (sulfide) groups is 1. The van der Waals surface area contributed by atoms with Crippen molar-refractivity contribution in [2.75, 3.05) is 29.1 Å². The van der Waals surface area contributed by atoms with Gasteiger partial charge in [-0.05, 0) is 49.2 Å². The van der Waals surface area contributed by atoms with Crippen LogP contribution in [-0.4, -0.2) is 34.7 Å². The quantitative estimate of drug-likeness (QED) is 0.684. The molecule has 0 bridgehead atoms. The van der Waals surface area contributed by atoms with Crippen LogP contribution in [0.2, 0.25) is 0 Å². The highest BCUT2D eigenvalue weighted by Crippen LogP contribution is 2.23. The zero-order valence-corrected chi connectivity index (χ0v) is 14.7. The van der Waals surface area contributed by atoms with E-state index in [0.29, 0.717) is 5.75 Å². The molecule has 0 saturated carbocycles. The number of nitrogens with zero attached hydrogens (tertiary/aromatic N) is 2. The lowest BCUT2D eigenvalue weighted by Crippen LogP contribution is -2.18. The third kappa shape index (κ3) is 3.79. The number of hydrogen-bond donors (Lipinski definition) is 2. The summed E-state index contributed by atoms with van der Waals surface area (Å²) < 4.78 is 0. The second-order valence-corrected chi connectivity index (χ2v) is 7.10. The Morgan fingerprint density at radius 2 is 1.88 bits per heavy atom. The molecule has 2 N–H and O–H groups in total. The zero-order valence-electron chi connectivity index (χ0n) is 13.9. The molecule has 128 valence electrons. The molecule has 1 aromatic heterocycles. The van der Waals surface area contributed by atoms with Gasteiger partial charge in [0.05, 0.1) is 16.8 Å². The van der Waals surface area contributed by atoms with Crippen LogP contribution in [0.25, 0.3) is 11.0 Å². The van der Waals surface area contributed by atoms with Gasteiger partial charge >= 0.3 is 0 Å². The fourth-order valence-corrected chi connectivity index (χ4v) is 3.74. The van der Waals surface area contributed by atoms with Crippen molar-refractivity contribution in [3.63, 3.8) is 0 Å². The van der Waals surface area contributed by atoms with E-state index in [2.05, 4.69) is 32.3 Å². The maximum atomic E-state index is 12.2. The van der Waals surface area contributed by atoms with Gasteiger partial charge in [0.2, 0.25) is 5.91 Å². The zero-order chi connectivity index (χ0) is 17.1. The fourth-order valence-electron chi connectivity index (χ4n) is 3.06. The molecule has 0 aliphatic carbocycles. The minimum atomic E-state index is -0.0284. The molecule has 1 aliphatic rings. The van der Waals surface area contributed by atoms with E-state index in [1.165, 1.54) is 30.3 Å². The number of imidazole rings is 1. The van der Waals surface area contributed by atoms with Crippen LogP contribution in [0.15, 0.2) is 53.7 Å². The van der Waals surface area contributed by atoms with Gasteiger partial charge in [-0.25, -0.2) is 4.98 Å². The normalized spacial score (nSPS) is 14.2. The molecular weight excluding hydrogens is 332 g/mol. The predicted octanol–water partition coefficient (Wildman–Crippen LogP) is 3.89. The number of anilines is 2. The highest BCUT2D eigenvalue weighted by molar-refractivity contribution is 7.99. The van der Waals surface area contributed by atoms with Crippen LogP contribution < -0.4 is 10.2 Å². The number of aromatic amines is 1. The first-order valence-electron chi connectivity index (χ1n) is 8.50. The Kier molecular flexibility index (Phi) is 4.61. The molecule has 2 aromatic carbocycles. The van der Waals surface area contributed by atoms with Crippen LogP contribution in [0.1, 0.15) is 12.8 Å². The van der Waals surface area contributed by atoms with E-state index >= 15 is 0 Å². The van der Waals surface area contributed by atoms with E-state index in [4.69, 9.17) is 0 Å². The van der Waals surface area contributed by atoms with Gasteiger partial charge in [-0.3, -0.25) is 4.79 Å². The van der Waals surface area contributed by atoms with E-state index in [1.807, 2.05) is 36.4 Å². The average Bonchev–Trinajstić information content (AvgIpc) is 3.30. The van der Waals surface area contributed by atoms with Gasteiger partial charge in [-0.1, -0.05) is 23.9 Å². The van der Waals surface area contributed by atoms with Gasteiger partial charge in [-0.15, -0.1) is 0 Å². The SMILES string of the molecule is O=C(CSc1nc2ccccc2[nH]1)Nc1ccc(N2CCCC2)cc1. The van der Waals surface area contributed by atoms with Crippen molar-refractivity contribution in [2.45, 2.75) is 18.0 Å². The van der Waals surface area contributed by atoms with Gasteiger partial charge in [0.25, 0.3) is 0 Å². The maximum Gasteiger partial charge on any atom is 0.234 e. The second kappa shape index (κ2) is 7.19. The third-order valence-corrected chi connectivity index (χ3v) is 5.20. The summed E-state index contributed by atoms with van der Waals surface area (Å²) in [5.74, 6) is 0.299. The topological polar surface area (TPSA) is 61.0 Å². The summed E-state index contributed by atoms with van der Waals surface area (Å²) in [7, 11) is 0. The molecule has 1 aliphatic heterocycles. The number of fused-ring (bicyclic) bond motifs is 1. The molecule has 0 atom stereocenters. The molecular formula is C19H20N4OS. The largest absolute Gasteiger partial charge is 0.372 e. The predicted molar refractivity (Wildman–Crippen MR) is 103 cm³/mol. The Bertz CT molecular complexity index is 836.